The normalized spacial score (nSPS) is 13.8. The number of benzene rings is 1. The molecule has 1 atom stereocenters. The number of nitro groups is 1. The number of halogens is 3. The van der Waals surface area contributed by atoms with Gasteiger partial charge in [0.05, 0.1) is 21.4 Å². The van der Waals surface area contributed by atoms with Gasteiger partial charge < -0.3 is 4.74 Å². The van der Waals surface area contributed by atoms with Crippen LogP contribution in [0.25, 0.3) is 0 Å². The SMILES string of the molecule is COc1ccc(S(=O)(=O)O[C@@H](C)C(F)(F)[N+](=O)[O-])cc1Br. The second-order valence-corrected chi connectivity index (χ2v) is 6.26. The van der Waals surface area contributed by atoms with Crippen molar-refractivity contribution in [3.63, 3.8) is 0 Å². The summed E-state index contributed by atoms with van der Waals surface area (Å²) in [4.78, 5) is 7.83. The summed E-state index contributed by atoms with van der Waals surface area (Å²) in [6, 6.07) is -1.12. The molecule has 0 heterocycles. The molecule has 0 fully saturated rings. The molecule has 0 saturated heterocycles. The van der Waals surface area contributed by atoms with Gasteiger partial charge in [0.2, 0.25) is 6.10 Å². The molecule has 0 aliphatic heterocycles. The number of nitrogens with zero attached hydrogens (tertiary/aromatic N) is 1. The van der Waals surface area contributed by atoms with E-state index in [1.807, 2.05) is 0 Å². The molecule has 0 saturated carbocycles. The van der Waals surface area contributed by atoms with Gasteiger partial charge in [0, 0.05) is 0 Å². The van der Waals surface area contributed by atoms with Gasteiger partial charge in [-0.15, -0.1) is 8.78 Å². The van der Waals surface area contributed by atoms with E-state index in [2.05, 4.69) is 20.1 Å². The van der Waals surface area contributed by atoms with E-state index >= 15 is 0 Å². The number of rotatable bonds is 6. The Hall–Kier alpha value is -1.33. The van der Waals surface area contributed by atoms with E-state index in [-0.39, 0.29) is 4.47 Å². The Morgan fingerprint density at radius 2 is 2.00 bits per heavy atom. The first-order chi connectivity index (χ1) is 9.52. The Bertz CT molecular complexity index is 651. The molecule has 0 aromatic heterocycles. The maximum atomic E-state index is 13.1. The lowest BCUT2D eigenvalue weighted by Gasteiger charge is -2.16. The van der Waals surface area contributed by atoms with Gasteiger partial charge in [0.25, 0.3) is 10.1 Å². The highest BCUT2D eigenvalue weighted by Crippen LogP contribution is 2.30. The largest absolute Gasteiger partial charge is 0.538 e. The van der Waals surface area contributed by atoms with Crippen molar-refractivity contribution in [2.24, 2.45) is 0 Å². The van der Waals surface area contributed by atoms with Gasteiger partial charge in [-0.25, -0.2) is 4.18 Å². The fraction of sp³-hybridized carbons (Fsp3) is 0.400. The summed E-state index contributed by atoms with van der Waals surface area (Å²) in [5, 5.41) is 10.2. The van der Waals surface area contributed by atoms with Gasteiger partial charge in [-0.2, -0.15) is 8.42 Å². The molecule has 21 heavy (non-hydrogen) atoms. The second-order valence-electron chi connectivity index (χ2n) is 3.83. The Balaban J connectivity index is 3.07. The smallest absolute Gasteiger partial charge is 0.496 e. The third kappa shape index (κ3) is 3.86. The summed E-state index contributed by atoms with van der Waals surface area (Å²) in [6.45, 7) is 0.596. The van der Waals surface area contributed by atoms with Crippen molar-refractivity contribution in [3.8, 4) is 5.75 Å². The van der Waals surface area contributed by atoms with Gasteiger partial charge in [0.1, 0.15) is 5.75 Å². The fourth-order valence-electron chi connectivity index (χ4n) is 1.25. The van der Waals surface area contributed by atoms with E-state index in [1.54, 1.807) is 0 Å². The highest BCUT2D eigenvalue weighted by atomic mass is 79.9. The maximum absolute atomic E-state index is 13.1. The molecule has 0 bridgehead atoms. The minimum absolute atomic E-state index is 0.253. The van der Waals surface area contributed by atoms with E-state index in [0.717, 1.165) is 12.1 Å². The highest BCUT2D eigenvalue weighted by molar-refractivity contribution is 9.10. The number of alkyl halides is 2. The first-order valence-corrected chi connectivity index (χ1v) is 7.51. The molecule has 118 valence electrons. The number of methoxy groups -OCH3 is 1. The summed E-state index contributed by atoms with van der Waals surface area (Å²) in [5.74, 6) is 0.317. The molecule has 1 aromatic carbocycles. The van der Waals surface area contributed by atoms with Crippen molar-refractivity contribution in [3.05, 3.63) is 32.8 Å². The molecular weight excluding hydrogens is 380 g/mol. The molecule has 1 aromatic rings. The Morgan fingerprint density at radius 3 is 2.43 bits per heavy atom. The van der Waals surface area contributed by atoms with Crippen LogP contribution < -0.4 is 4.74 Å². The van der Waals surface area contributed by atoms with Crippen molar-refractivity contribution in [2.75, 3.05) is 7.11 Å². The van der Waals surface area contributed by atoms with Crippen LogP contribution in [0, 0.1) is 10.1 Å². The van der Waals surface area contributed by atoms with Crippen LogP contribution in [0.4, 0.5) is 8.78 Å². The number of ether oxygens (including phenoxy) is 1. The molecule has 0 N–H and O–H groups in total. The number of hydrogen-bond acceptors (Lipinski definition) is 6. The fourth-order valence-corrected chi connectivity index (χ4v) is 3.05. The number of hydrogen-bond donors (Lipinski definition) is 0. The topological polar surface area (TPSA) is 95.7 Å². The average molecular weight is 390 g/mol. The molecular formula is C10H10BrF2NO6S. The van der Waals surface area contributed by atoms with Crippen LogP contribution in [0.5, 0.6) is 5.75 Å². The van der Waals surface area contributed by atoms with Crippen molar-refractivity contribution in [1.29, 1.82) is 0 Å². The minimum Gasteiger partial charge on any atom is -0.496 e. The summed E-state index contributed by atoms with van der Waals surface area (Å²) in [5.41, 5.74) is 0. The first kappa shape index (κ1) is 17.7. The standard InChI is InChI=1S/C10H10BrF2NO6S/c1-6(10(12,13)14(15)16)20-21(17,18)7-3-4-9(19-2)8(11)5-7/h3-6H,1-2H3/t6-/m0/s1. The Kier molecular flexibility index (Phi) is 5.23. The highest BCUT2D eigenvalue weighted by Gasteiger charge is 2.53. The second kappa shape index (κ2) is 6.20. The van der Waals surface area contributed by atoms with Crippen LogP contribution in [0.3, 0.4) is 0 Å². The van der Waals surface area contributed by atoms with E-state index in [1.165, 1.54) is 13.2 Å². The molecule has 0 aliphatic carbocycles. The quantitative estimate of drug-likeness (QED) is 0.320. The van der Waals surface area contributed by atoms with Gasteiger partial charge in [-0.1, -0.05) is 0 Å². The lowest BCUT2D eigenvalue weighted by molar-refractivity contribution is -0.654. The predicted molar refractivity (Wildman–Crippen MR) is 70.4 cm³/mol. The summed E-state index contributed by atoms with van der Waals surface area (Å²) >= 11 is 3.03. The van der Waals surface area contributed by atoms with Gasteiger partial charge in [-0.05, 0) is 41.1 Å². The zero-order valence-electron chi connectivity index (χ0n) is 10.7. The molecule has 11 heteroatoms. The molecule has 0 spiro atoms. The average Bonchev–Trinajstić information content (AvgIpc) is 2.37. The van der Waals surface area contributed by atoms with Crippen LogP contribution in [0.15, 0.2) is 27.6 Å². The van der Waals surface area contributed by atoms with E-state index in [0.29, 0.717) is 12.7 Å². The maximum Gasteiger partial charge on any atom is 0.538 e. The summed E-state index contributed by atoms with van der Waals surface area (Å²) in [7, 11) is -3.24. The molecule has 0 unspecified atom stereocenters. The zero-order chi connectivity index (χ0) is 16.4. The monoisotopic (exact) mass is 389 g/mol. The third-order valence-electron chi connectivity index (χ3n) is 2.42. The van der Waals surface area contributed by atoms with Crippen LogP contribution in [0.1, 0.15) is 6.92 Å². The third-order valence-corrected chi connectivity index (χ3v) is 4.41. The van der Waals surface area contributed by atoms with Crippen molar-refractivity contribution >= 4 is 26.0 Å². The summed E-state index contributed by atoms with van der Waals surface area (Å²) in [6.07, 6.45) is -2.46. The van der Waals surface area contributed by atoms with E-state index in [9.17, 15) is 27.3 Å². The van der Waals surface area contributed by atoms with Crippen molar-refractivity contribution in [2.45, 2.75) is 24.0 Å². The van der Waals surface area contributed by atoms with Crippen molar-refractivity contribution < 1.29 is 31.0 Å². The van der Waals surface area contributed by atoms with Gasteiger partial charge in [-0.3, -0.25) is 10.1 Å². The Labute approximate surface area is 127 Å². The lowest BCUT2D eigenvalue weighted by atomic mass is 10.3. The van der Waals surface area contributed by atoms with Crippen LogP contribution in [-0.2, 0) is 14.3 Å². The molecule has 7 nitrogen and oxygen atoms in total. The van der Waals surface area contributed by atoms with Crippen LogP contribution in [0.2, 0.25) is 0 Å². The van der Waals surface area contributed by atoms with E-state index in [4.69, 9.17) is 4.74 Å². The first-order valence-electron chi connectivity index (χ1n) is 5.31. The Morgan fingerprint density at radius 1 is 1.43 bits per heavy atom. The van der Waals surface area contributed by atoms with Crippen molar-refractivity contribution in [1.82, 2.24) is 0 Å². The van der Waals surface area contributed by atoms with E-state index < -0.39 is 32.1 Å². The van der Waals surface area contributed by atoms with Gasteiger partial charge in [0.15, 0.2) is 0 Å². The predicted octanol–water partition coefficient (Wildman–Crippen LogP) is 2.42. The molecule has 0 radical (unpaired) electrons. The van der Waals surface area contributed by atoms with Crippen LogP contribution in [-0.4, -0.2) is 32.6 Å². The van der Waals surface area contributed by atoms with Gasteiger partial charge >= 0.3 is 6.05 Å². The molecule has 0 amide bonds. The minimum atomic E-state index is -4.59. The zero-order valence-corrected chi connectivity index (χ0v) is 13.2. The molecule has 1 rings (SSSR count). The molecule has 0 aliphatic rings. The lowest BCUT2D eigenvalue weighted by Crippen LogP contribution is -2.41. The summed E-state index contributed by atoms with van der Waals surface area (Å²) < 4.78 is 59.1. The van der Waals surface area contributed by atoms with Crippen LogP contribution >= 0.6 is 15.9 Å².